The van der Waals surface area contributed by atoms with Gasteiger partial charge in [-0.15, -0.1) is 0 Å². The fraction of sp³-hybridized carbons (Fsp3) is 0.538. The van der Waals surface area contributed by atoms with E-state index >= 15 is 0 Å². The molecule has 3 rings (SSSR count). The first-order chi connectivity index (χ1) is 9.51. The summed E-state index contributed by atoms with van der Waals surface area (Å²) >= 11 is 0. The lowest BCUT2D eigenvalue weighted by Crippen LogP contribution is -2.46. The van der Waals surface area contributed by atoms with Crippen LogP contribution in [0.15, 0.2) is 10.9 Å². The van der Waals surface area contributed by atoms with E-state index in [0.717, 1.165) is 24.0 Å². The van der Waals surface area contributed by atoms with Crippen LogP contribution in [0.3, 0.4) is 0 Å². The Hall–Kier alpha value is -2.18. The number of fused-ring (bicyclic) bond motifs is 1. The molecule has 1 aliphatic rings. The predicted octanol–water partition coefficient (Wildman–Crippen LogP) is 1.62. The first-order valence-corrected chi connectivity index (χ1v) is 6.56. The first-order valence-electron chi connectivity index (χ1n) is 6.56. The maximum atomic E-state index is 11.4. The number of aliphatic carboxylic acids is 1. The van der Waals surface area contributed by atoms with Gasteiger partial charge in [0.15, 0.2) is 0 Å². The summed E-state index contributed by atoms with van der Waals surface area (Å²) in [4.78, 5) is 21.8. The molecule has 0 amide bonds. The van der Waals surface area contributed by atoms with Gasteiger partial charge in [-0.05, 0) is 26.7 Å². The number of aryl methyl sites for hydroxylation is 1. The smallest absolute Gasteiger partial charge is 0.311 e. The fourth-order valence-electron chi connectivity index (χ4n) is 2.74. The third kappa shape index (κ3) is 1.90. The van der Waals surface area contributed by atoms with Gasteiger partial charge >= 0.3 is 5.97 Å². The van der Waals surface area contributed by atoms with Crippen LogP contribution in [0, 0.1) is 12.3 Å². The average Bonchev–Trinajstić information content (AvgIpc) is 2.81. The molecule has 1 N–H and O–H groups in total. The van der Waals surface area contributed by atoms with Crippen LogP contribution < -0.4 is 4.90 Å². The van der Waals surface area contributed by atoms with Gasteiger partial charge in [-0.2, -0.15) is 4.98 Å². The topological polar surface area (TPSA) is 92.4 Å². The van der Waals surface area contributed by atoms with Gasteiger partial charge in [0.1, 0.15) is 17.5 Å². The third-order valence-electron chi connectivity index (χ3n) is 3.94. The number of anilines is 1. The molecule has 1 fully saturated rings. The number of rotatable bonds is 2. The lowest BCUT2D eigenvalue weighted by Gasteiger charge is -2.38. The summed E-state index contributed by atoms with van der Waals surface area (Å²) in [5.41, 5.74) is 0.411. The second-order valence-electron chi connectivity index (χ2n) is 5.54. The highest BCUT2D eigenvalue weighted by Crippen LogP contribution is 2.34. The number of hydrogen-bond donors (Lipinski definition) is 1. The van der Waals surface area contributed by atoms with E-state index in [1.54, 1.807) is 6.92 Å². The zero-order valence-electron chi connectivity index (χ0n) is 11.5. The van der Waals surface area contributed by atoms with Gasteiger partial charge in [-0.1, -0.05) is 5.16 Å². The highest BCUT2D eigenvalue weighted by molar-refractivity contribution is 5.88. The minimum atomic E-state index is -0.769. The predicted molar refractivity (Wildman–Crippen MR) is 71.5 cm³/mol. The van der Waals surface area contributed by atoms with Crippen LogP contribution in [-0.4, -0.2) is 39.3 Å². The molecule has 3 heterocycles. The summed E-state index contributed by atoms with van der Waals surface area (Å²) in [6.45, 7) is 4.82. The Bertz CT molecular complexity index is 669. The van der Waals surface area contributed by atoms with Crippen molar-refractivity contribution in [1.29, 1.82) is 0 Å². The minimum absolute atomic E-state index is 0.430. The fourth-order valence-corrected chi connectivity index (χ4v) is 2.74. The van der Waals surface area contributed by atoms with Crippen molar-refractivity contribution in [3.05, 3.63) is 12.0 Å². The normalized spacial score (nSPS) is 23.2. The molecular formula is C13H16N4O3. The Morgan fingerprint density at radius 1 is 1.50 bits per heavy atom. The maximum Gasteiger partial charge on any atom is 0.311 e. The molecule has 0 spiro atoms. The second-order valence-corrected chi connectivity index (χ2v) is 5.54. The average molecular weight is 276 g/mol. The molecule has 0 radical (unpaired) electrons. The van der Waals surface area contributed by atoms with Crippen molar-refractivity contribution in [3.63, 3.8) is 0 Å². The molecule has 0 bridgehead atoms. The quantitative estimate of drug-likeness (QED) is 0.890. The largest absolute Gasteiger partial charge is 0.481 e. The van der Waals surface area contributed by atoms with Gasteiger partial charge in [0.05, 0.1) is 11.1 Å². The van der Waals surface area contributed by atoms with Crippen LogP contribution in [0.5, 0.6) is 0 Å². The zero-order valence-corrected chi connectivity index (χ0v) is 11.5. The van der Waals surface area contributed by atoms with Crippen molar-refractivity contribution >= 4 is 22.9 Å². The van der Waals surface area contributed by atoms with E-state index in [1.807, 2.05) is 11.8 Å². The van der Waals surface area contributed by atoms with E-state index in [4.69, 9.17) is 4.52 Å². The first kappa shape index (κ1) is 12.8. The molecule has 1 aliphatic heterocycles. The van der Waals surface area contributed by atoms with Crippen molar-refractivity contribution in [2.45, 2.75) is 26.7 Å². The maximum absolute atomic E-state index is 11.4. The number of carboxylic acids is 1. The number of nitrogens with zero attached hydrogens (tertiary/aromatic N) is 4. The van der Waals surface area contributed by atoms with E-state index in [-0.39, 0.29) is 0 Å². The van der Waals surface area contributed by atoms with Crippen LogP contribution in [-0.2, 0) is 4.79 Å². The summed E-state index contributed by atoms with van der Waals surface area (Å²) in [6, 6.07) is 0. The highest BCUT2D eigenvalue weighted by Gasteiger charge is 2.39. The van der Waals surface area contributed by atoms with Crippen LogP contribution in [0.2, 0.25) is 0 Å². The molecule has 106 valence electrons. The SMILES string of the molecule is Cc1noc2ncnc(N3CCCC(C)(C(=O)O)C3)c12. The van der Waals surface area contributed by atoms with Crippen LogP contribution in [0.1, 0.15) is 25.5 Å². The Morgan fingerprint density at radius 3 is 3.05 bits per heavy atom. The van der Waals surface area contributed by atoms with Crippen LogP contribution in [0.4, 0.5) is 5.82 Å². The Morgan fingerprint density at radius 2 is 2.30 bits per heavy atom. The van der Waals surface area contributed by atoms with Gasteiger partial charge < -0.3 is 14.5 Å². The van der Waals surface area contributed by atoms with Crippen LogP contribution in [0.25, 0.3) is 11.1 Å². The number of hydrogen-bond acceptors (Lipinski definition) is 6. The molecular weight excluding hydrogens is 260 g/mol. The van der Waals surface area contributed by atoms with E-state index < -0.39 is 11.4 Å². The summed E-state index contributed by atoms with van der Waals surface area (Å²) < 4.78 is 5.14. The Kier molecular flexibility index (Phi) is 2.84. The highest BCUT2D eigenvalue weighted by atomic mass is 16.5. The van der Waals surface area contributed by atoms with Gasteiger partial charge in [-0.3, -0.25) is 4.79 Å². The summed E-state index contributed by atoms with van der Waals surface area (Å²) in [6.07, 6.45) is 2.92. The number of aromatic nitrogens is 3. The lowest BCUT2D eigenvalue weighted by molar-refractivity contribution is -0.148. The van der Waals surface area contributed by atoms with Crippen molar-refractivity contribution in [3.8, 4) is 0 Å². The summed E-state index contributed by atoms with van der Waals surface area (Å²) in [7, 11) is 0. The minimum Gasteiger partial charge on any atom is -0.481 e. The number of piperidine rings is 1. The number of carboxylic acid groups (broad SMARTS) is 1. The molecule has 2 aromatic heterocycles. The molecule has 0 saturated carbocycles. The molecule has 7 nitrogen and oxygen atoms in total. The molecule has 1 atom stereocenters. The van der Waals surface area contributed by atoms with E-state index in [1.165, 1.54) is 6.33 Å². The second kappa shape index (κ2) is 4.43. The summed E-state index contributed by atoms with van der Waals surface area (Å²) in [5.74, 6) is -0.0598. The number of carbonyl (C=O) groups is 1. The zero-order chi connectivity index (χ0) is 14.3. The summed E-state index contributed by atoms with van der Waals surface area (Å²) in [5, 5.41) is 14.1. The van der Waals surface area contributed by atoms with Gasteiger partial charge in [0.2, 0.25) is 0 Å². The van der Waals surface area contributed by atoms with Crippen molar-refractivity contribution < 1.29 is 14.4 Å². The Labute approximate surface area is 115 Å². The monoisotopic (exact) mass is 276 g/mol. The van der Waals surface area contributed by atoms with Crippen molar-refractivity contribution in [2.24, 2.45) is 5.41 Å². The Balaban J connectivity index is 2.03. The van der Waals surface area contributed by atoms with Gasteiger partial charge in [-0.25, -0.2) is 4.98 Å². The molecule has 1 unspecified atom stereocenters. The molecule has 0 aromatic carbocycles. The lowest BCUT2D eigenvalue weighted by atomic mass is 9.82. The third-order valence-corrected chi connectivity index (χ3v) is 3.94. The molecule has 1 saturated heterocycles. The standard InChI is InChI=1S/C13H16N4O3/c1-8-9-10(14-7-15-11(9)20-16-8)17-5-3-4-13(2,6-17)12(18)19/h7H,3-6H2,1-2H3,(H,18,19). The molecule has 2 aromatic rings. The van der Waals surface area contributed by atoms with Crippen molar-refractivity contribution in [1.82, 2.24) is 15.1 Å². The van der Waals surface area contributed by atoms with E-state index in [9.17, 15) is 9.90 Å². The van der Waals surface area contributed by atoms with E-state index in [0.29, 0.717) is 24.5 Å². The van der Waals surface area contributed by atoms with E-state index in [2.05, 4.69) is 15.1 Å². The van der Waals surface area contributed by atoms with Crippen molar-refractivity contribution in [2.75, 3.05) is 18.0 Å². The van der Waals surface area contributed by atoms with Crippen LogP contribution >= 0.6 is 0 Å². The van der Waals surface area contributed by atoms with Gasteiger partial charge in [0, 0.05) is 13.1 Å². The molecule has 0 aliphatic carbocycles. The van der Waals surface area contributed by atoms with Gasteiger partial charge in [0.25, 0.3) is 5.71 Å². The molecule has 20 heavy (non-hydrogen) atoms. The molecule has 7 heteroatoms.